The van der Waals surface area contributed by atoms with Crippen LogP contribution in [0.5, 0.6) is 17.2 Å². The van der Waals surface area contributed by atoms with Gasteiger partial charge >= 0.3 is 0 Å². The van der Waals surface area contributed by atoms with Crippen molar-refractivity contribution in [2.75, 3.05) is 19.2 Å². The first-order chi connectivity index (χ1) is 16.7. The van der Waals surface area contributed by atoms with Crippen molar-refractivity contribution in [2.24, 2.45) is 0 Å². The molecule has 9 heteroatoms. The second-order valence-corrected chi connectivity index (χ2v) is 8.50. The van der Waals surface area contributed by atoms with Gasteiger partial charge in [-0.05, 0) is 60.2 Å². The third-order valence-corrected chi connectivity index (χ3v) is 6.11. The molecule has 1 amide bonds. The Balaban J connectivity index is 1.13. The summed E-state index contributed by atoms with van der Waals surface area (Å²) in [7, 11) is 1.62. The number of rotatable bonds is 8. The van der Waals surface area contributed by atoms with Crippen molar-refractivity contribution < 1.29 is 23.4 Å². The number of nitrogens with one attached hydrogen (secondary N) is 1. The molecule has 8 nitrogen and oxygen atoms in total. The number of thioether (sulfide) groups is 1. The molecule has 2 heterocycles. The maximum Gasteiger partial charge on any atom is 0.247 e. The quantitative estimate of drug-likeness (QED) is 0.358. The summed E-state index contributed by atoms with van der Waals surface area (Å²) in [5.74, 6) is 3.55. The van der Waals surface area contributed by atoms with E-state index in [1.807, 2.05) is 66.7 Å². The number of anilines is 1. The molecule has 1 aliphatic heterocycles. The van der Waals surface area contributed by atoms with E-state index in [9.17, 15) is 4.79 Å². The van der Waals surface area contributed by atoms with Crippen molar-refractivity contribution in [1.29, 1.82) is 0 Å². The third kappa shape index (κ3) is 5.15. The highest BCUT2D eigenvalue weighted by Crippen LogP contribution is 2.35. The van der Waals surface area contributed by atoms with Crippen LogP contribution in [0.2, 0.25) is 0 Å². The number of carbonyl (C=O) groups is 1. The van der Waals surface area contributed by atoms with Crippen LogP contribution in [0, 0.1) is 0 Å². The van der Waals surface area contributed by atoms with Crippen LogP contribution in [0.25, 0.3) is 11.5 Å². The molecule has 4 aromatic rings. The van der Waals surface area contributed by atoms with E-state index in [1.165, 1.54) is 0 Å². The highest BCUT2D eigenvalue weighted by Gasteiger charge is 2.16. The topological polar surface area (TPSA) is 95.7 Å². The van der Waals surface area contributed by atoms with Gasteiger partial charge < -0.3 is 23.9 Å². The molecule has 3 aromatic carbocycles. The van der Waals surface area contributed by atoms with Gasteiger partial charge in [0, 0.05) is 16.1 Å². The van der Waals surface area contributed by atoms with Crippen LogP contribution in [0.1, 0.15) is 11.5 Å². The van der Waals surface area contributed by atoms with E-state index in [2.05, 4.69) is 15.5 Å². The van der Waals surface area contributed by atoms with E-state index in [0.717, 1.165) is 27.5 Å². The molecule has 0 spiro atoms. The van der Waals surface area contributed by atoms with E-state index in [4.69, 9.17) is 18.6 Å². The summed E-state index contributed by atoms with van der Waals surface area (Å²) in [6, 6.07) is 20.6. The Morgan fingerprint density at radius 3 is 2.59 bits per heavy atom. The molecule has 1 aliphatic rings. The monoisotopic (exact) mass is 475 g/mol. The fraction of sp³-hybridized carbons (Fsp3) is 0.160. The minimum Gasteiger partial charge on any atom is -0.497 e. The van der Waals surface area contributed by atoms with Crippen LogP contribution in [0.4, 0.5) is 5.69 Å². The number of fused-ring (bicyclic) bond motifs is 1. The van der Waals surface area contributed by atoms with E-state index in [1.54, 1.807) is 18.9 Å². The molecule has 5 rings (SSSR count). The Morgan fingerprint density at radius 2 is 1.79 bits per heavy atom. The number of benzene rings is 3. The molecule has 0 fully saturated rings. The zero-order valence-corrected chi connectivity index (χ0v) is 19.1. The molecule has 1 aromatic heterocycles. The van der Waals surface area contributed by atoms with Gasteiger partial charge in [-0.3, -0.25) is 4.79 Å². The summed E-state index contributed by atoms with van der Waals surface area (Å²) < 4.78 is 21.7. The van der Waals surface area contributed by atoms with E-state index < -0.39 is 0 Å². The van der Waals surface area contributed by atoms with Gasteiger partial charge in [-0.2, -0.15) is 0 Å². The number of amides is 1. The SMILES string of the molecule is COc1ccc(CC(=O)Nc2ccc(SCc3nnc(-c4ccc5c(c4)OCO5)o3)cc2)cc1. The number of carbonyl (C=O) groups excluding carboxylic acids is 1. The van der Waals surface area contributed by atoms with Crippen LogP contribution >= 0.6 is 11.8 Å². The van der Waals surface area contributed by atoms with Gasteiger partial charge in [0.1, 0.15) is 5.75 Å². The second-order valence-electron chi connectivity index (χ2n) is 7.46. The summed E-state index contributed by atoms with van der Waals surface area (Å²) in [5, 5.41) is 11.2. The Labute approximate surface area is 200 Å². The van der Waals surface area contributed by atoms with Crippen LogP contribution in [-0.2, 0) is 17.0 Å². The lowest BCUT2D eigenvalue weighted by Gasteiger charge is -2.07. The summed E-state index contributed by atoms with van der Waals surface area (Å²) in [6.45, 7) is 0.218. The lowest BCUT2D eigenvalue weighted by Crippen LogP contribution is -2.14. The van der Waals surface area contributed by atoms with Crippen LogP contribution in [0.3, 0.4) is 0 Å². The van der Waals surface area contributed by atoms with Crippen LogP contribution in [0.15, 0.2) is 76.0 Å². The predicted octanol–water partition coefficient (Wildman–Crippen LogP) is 4.95. The van der Waals surface area contributed by atoms with Crippen molar-refractivity contribution >= 4 is 23.4 Å². The largest absolute Gasteiger partial charge is 0.497 e. The fourth-order valence-corrected chi connectivity index (χ4v) is 4.11. The van der Waals surface area contributed by atoms with Gasteiger partial charge in [0.05, 0.1) is 19.3 Å². The smallest absolute Gasteiger partial charge is 0.247 e. The Bertz CT molecular complexity index is 1290. The maximum absolute atomic E-state index is 12.3. The maximum atomic E-state index is 12.3. The van der Waals surface area contributed by atoms with Crippen molar-refractivity contribution in [3.05, 3.63) is 78.2 Å². The number of hydrogen-bond donors (Lipinski definition) is 1. The number of ether oxygens (including phenoxy) is 3. The molecule has 0 aliphatic carbocycles. The zero-order chi connectivity index (χ0) is 23.3. The molecule has 1 N–H and O–H groups in total. The summed E-state index contributed by atoms with van der Waals surface area (Å²) in [4.78, 5) is 13.3. The lowest BCUT2D eigenvalue weighted by atomic mass is 10.1. The van der Waals surface area contributed by atoms with Crippen LogP contribution in [-0.4, -0.2) is 30.0 Å². The number of nitrogens with zero attached hydrogens (tertiary/aromatic N) is 2. The highest BCUT2D eigenvalue weighted by molar-refractivity contribution is 7.98. The molecular formula is C25H21N3O5S. The lowest BCUT2D eigenvalue weighted by molar-refractivity contribution is -0.115. The number of hydrogen-bond acceptors (Lipinski definition) is 8. The normalized spacial score (nSPS) is 11.9. The summed E-state index contributed by atoms with van der Waals surface area (Å²) >= 11 is 1.57. The van der Waals surface area contributed by atoms with Gasteiger partial charge in [0.15, 0.2) is 11.5 Å². The minimum atomic E-state index is -0.0764. The summed E-state index contributed by atoms with van der Waals surface area (Å²) in [6.07, 6.45) is 0.295. The van der Waals surface area contributed by atoms with E-state index in [0.29, 0.717) is 35.5 Å². The minimum absolute atomic E-state index is 0.0764. The van der Waals surface area contributed by atoms with E-state index >= 15 is 0 Å². The van der Waals surface area contributed by atoms with Gasteiger partial charge in [0.25, 0.3) is 0 Å². The first kappa shape index (κ1) is 21.8. The Morgan fingerprint density at radius 1 is 1.00 bits per heavy atom. The molecule has 0 bridgehead atoms. The third-order valence-electron chi connectivity index (χ3n) is 5.11. The first-order valence-electron chi connectivity index (χ1n) is 10.5. The average Bonchev–Trinajstić information content (AvgIpc) is 3.53. The van der Waals surface area contributed by atoms with E-state index in [-0.39, 0.29) is 12.7 Å². The number of methoxy groups -OCH3 is 1. The van der Waals surface area contributed by atoms with Crippen molar-refractivity contribution in [2.45, 2.75) is 17.1 Å². The predicted molar refractivity (Wildman–Crippen MR) is 127 cm³/mol. The molecule has 0 unspecified atom stereocenters. The Hall–Kier alpha value is -3.98. The number of aromatic nitrogens is 2. The van der Waals surface area contributed by atoms with Gasteiger partial charge in [-0.1, -0.05) is 12.1 Å². The van der Waals surface area contributed by atoms with Crippen LogP contribution < -0.4 is 19.5 Å². The molecule has 0 saturated heterocycles. The molecule has 0 radical (unpaired) electrons. The fourth-order valence-electron chi connectivity index (χ4n) is 3.37. The first-order valence-corrected chi connectivity index (χ1v) is 11.5. The average molecular weight is 476 g/mol. The Kier molecular flexibility index (Phi) is 6.35. The van der Waals surface area contributed by atoms with Crippen molar-refractivity contribution in [1.82, 2.24) is 10.2 Å². The van der Waals surface area contributed by atoms with Gasteiger partial charge in [-0.15, -0.1) is 22.0 Å². The van der Waals surface area contributed by atoms with Gasteiger partial charge in [0.2, 0.25) is 24.5 Å². The van der Waals surface area contributed by atoms with Crippen molar-refractivity contribution in [3.8, 4) is 28.7 Å². The van der Waals surface area contributed by atoms with Crippen molar-refractivity contribution in [3.63, 3.8) is 0 Å². The summed E-state index contributed by atoms with van der Waals surface area (Å²) in [5.41, 5.74) is 2.44. The molecule has 34 heavy (non-hydrogen) atoms. The van der Waals surface area contributed by atoms with Gasteiger partial charge in [-0.25, -0.2) is 0 Å². The molecular weight excluding hydrogens is 454 g/mol. The zero-order valence-electron chi connectivity index (χ0n) is 18.3. The standard InChI is InChI=1S/C25H21N3O5S/c1-30-19-7-2-16(3-8-19)12-23(29)26-18-5-9-20(10-6-18)34-14-24-27-28-25(33-24)17-4-11-21-22(13-17)32-15-31-21/h2-11,13H,12,14-15H2,1H3,(H,26,29). The highest BCUT2D eigenvalue weighted by atomic mass is 32.2. The molecule has 0 saturated carbocycles. The molecule has 172 valence electrons. The molecule has 0 atom stereocenters. The second kappa shape index (κ2) is 9.88.